The smallest absolute Gasteiger partial charge is 0.171 e. The van der Waals surface area contributed by atoms with E-state index in [1.807, 2.05) is 19.1 Å². The van der Waals surface area contributed by atoms with E-state index in [-0.39, 0.29) is 0 Å². The maximum atomic E-state index is 4.65. The summed E-state index contributed by atoms with van der Waals surface area (Å²) < 4.78 is 0. The van der Waals surface area contributed by atoms with Crippen molar-refractivity contribution >= 4 is 16.9 Å². The van der Waals surface area contributed by atoms with Gasteiger partial charge in [0.2, 0.25) is 0 Å². The van der Waals surface area contributed by atoms with Crippen LogP contribution in [0, 0.1) is 0 Å². The Morgan fingerprint density at radius 3 is 2.81 bits per heavy atom. The van der Waals surface area contributed by atoms with Crippen LogP contribution in [-0.2, 0) is 6.42 Å². The quantitative estimate of drug-likeness (QED) is 0.809. The van der Waals surface area contributed by atoms with Crippen LogP contribution < -0.4 is 5.43 Å². The molecule has 1 aromatic carbocycles. The van der Waals surface area contributed by atoms with Crippen molar-refractivity contribution in [2.75, 3.05) is 19.8 Å². The Morgan fingerprint density at radius 1 is 1.38 bits per heavy atom. The molecule has 1 heterocycles. The molecular formula is C12H17N3S. The van der Waals surface area contributed by atoms with Gasteiger partial charge in [-0.2, -0.15) is 0 Å². The Labute approximate surface area is 101 Å². The SMILES string of the molecule is CN(C)NC1=NC(Cc2ccccc2)CS1. The molecule has 4 heteroatoms. The third-order valence-corrected chi connectivity index (χ3v) is 3.37. The molecule has 0 bridgehead atoms. The molecule has 16 heavy (non-hydrogen) atoms. The van der Waals surface area contributed by atoms with Gasteiger partial charge in [0.25, 0.3) is 0 Å². The fourth-order valence-electron chi connectivity index (χ4n) is 1.66. The summed E-state index contributed by atoms with van der Waals surface area (Å²) in [7, 11) is 3.96. The van der Waals surface area contributed by atoms with Crippen molar-refractivity contribution in [2.24, 2.45) is 4.99 Å². The number of thioether (sulfide) groups is 1. The van der Waals surface area contributed by atoms with Crippen LogP contribution in [-0.4, -0.2) is 36.1 Å². The number of hydrogen-bond donors (Lipinski definition) is 1. The molecule has 1 aliphatic rings. The molecule has 0 saturated carbocycles. The first-order chi connectivity index (χ1) is 7.74. The largest absolute Gasteiger partial charge is 0.298 e. The van der Waals surface area contributed by atoms with Gasteiger partial charge in [-0.3, -0.25) is 10.4 Å². The molecule has 0 aromatic heterocycles. The van der Waals surface area contributed by atoms with Gasteiger partial charge >= 0.3 is 0 Å². The molecule has 0 radical (unpaired) electrons. The molecule has 0 saturated heterocycles. The number of benzene rings is 1. The van der Waals surface area contributed by atoms with E-state index in [1.54, 1.807) is 11.8 Å². The Morgan fingerprint density at radius 2 is 2.12 bits per heavy atom. The number of aliphatic imine (C=N–C) groups is 1. The van der Waals surface area contributed by atoms with Crippen molar-refractivity contribution in [3.63, 3.8) is 0 Å². The van der Waals surface area contributed by atoms with Crippen LogP contribution in [0.2, 0.25) is 0 Å². The van der Waals surface area contributed by atoms with E-state index in [1.165, 1.54) is 5.56 Å². The fourth-order valence-corrected chi connectivity index (χ4v) is 2.67. The molecule has 86 valence electrons. The molecule has 1 atom stereocenters. The van der Waals surface area contributed by atoms with E-state index in [0.717, 1.165) is 17.3 Å². The average Bonchev–Trinajstić information content (AvgIpc) is 2.66. The first kappa shape index (κ1) is 11.5. The molecule has 2 rings (SSSR count). The van der Waals surface area contributed by atoms with Gasteiger partial charge in [-0.25, -0.2) is 5.01 Å². The van der Waals surface area contributed by atoms with Gasteiger partial charge in [-0.05, 0) is 12.0 Å². The number of rotatable bonds is 3. The highest BCUT2D eigenvalue weighted by Gasteiger charge is 2.18. The standard InChI is InChI=1S/C12H17N3S/c1-15(2)14-12-13-11(9-16-12)8-10-6-4-3-5-7-10/h3-7,11H,8-9H2,1-2H3,(H,13,14). The van der Waals surface area contributed by atoms with Crippen molar-refractivity contribution in [3.05, 3.63) is 35.9 Å². The van der Waals surface area contributed by atoms with Crippen molar-refractivity contribution in [1.29, 1.82) is 0 Å². The summed E-state index contributed by atoms with van der Waals surface area (Å²) in [6, 6.07) is 11.0. The van der Waals surface area contributed by atoms with Crippen LogP contribution in [0.15, 0.2) is 35.3 Å². The second-order valence-electron chi connectivity index (χ2n) is 4.10. The summed E-state index contributed by atoms with van der Waals surface area (Å²) in [5, 5.41) is 2.96. The lowest BCUT2D eigenvalue weighted by Gasteiger charge is -2.11. The Hall–Kier alpha value is -1.00. The van der Waals surface area contributed by atoms with Gasteiger partial charge in [0.15, 0.2) is 5.17 Å². The second kappa shape index (κ2) is 5.37. The molecular weight excluding hydrogens is 218 g/mol. The zero-order chi connectivity index (χ0) is 11.4. The molecule has 3 nitrogen and oxygen atoms in total. The van der Waals surface area contributed by atoms with Crippen LogP contribution >= 0.6 is 11.8 Å². The molecule has 0 fully saturated rings. The Balaban J connectivity index is 1.91. The summed E-state index contributed by atoms with van der Waals surface area (Å²) in [6.45, 7) is 0. The van der Waals surface area contributed by atoms with E-state index in [0.29, 0.717) is 6.04 Å². The molecule has 1 aliphatic heterocycles. The molecule has 1 N–H and O–H groups in total. The summed E-state index contributed by atoms with van der Waals surface area (Å²) in [5.74, 6) is 1.07. The lowest BCUT2D eigenvalue weighted by atomic mass is 10.1. The van der Waals surface area contributed by atoms with E-state index in [9.17, 15) is 0 Å². The molecule has 0 aliphatic carbocycles. The molecule has 0 amide bonds. The Bertz CT molecular complexity index is 362. The lowest BCUT2D eigenvalue weighted by Crippen LogP contribution is -2.33. The minimum Gasteiger partial charge on any atom is -0.298 e. The van der Waals surface area contributed by atoms with E-state index in [2.05, 4.69) is 40.8 Å². The zero-order valence-corrected chi connectivity index (χ0v) is 10.5. The van der Waals surface area contributed by atoms with Crippen molar-refractivity contribution in [3.8, 4) is 0 Å². The average molecular weight is 235 g/mol. The van der Waals surface area contributed by atoms with Gasteiger partial charge < -0.3 is 0 Å². The van der Waals surface area contributed by atoms with Crippen LogP contribution in [0.1, 0.15) is 5.56 Å². The highest BCUT2D eigenvalue weighted by atomic mass is 32.2. The van der Waals surface area contributed by atoms with Crippen LogP contribution in [0.4, 0.5) is 0 Å². The zero-order valence-electron chi connectivity index (χ0n) is 9.68. The summed E-state index contributed by atoms with van der Waals surface area (Å²) in [6.07, 6.45) is 1.03. The minimum absolute atomic E-state index is 0.412. The fraction of sp³-hybridized carbons (Fsp3) is 0.417. The summed E-state index contributed by atoms with van der Waals surface area (Å²) in [5.41, 5.74) is 4.57. The third kappa shape index (κ3) is 3.25. The maximum absolute atomic E-state index is 4.65. The van der Waals surface area contributed by atoms with Crippen molar-refractivity contribution < 1.29 is 0 Å². The van der Waals surface area contributed by atoms with E-state index < -0.39 is 0 Å². The van der Waals surface area contributed by atoms with Crippen LogP contribution in [0.25, 0.3) is 0 Å². The van der Waals surface area contributed by atoms with E-state index >= 15 is 0 Å². The normalized spacial score (nSPS) is 19.9. The van der Waals surface area contributed by atoms with Gasteiger partial charge in [0, 0.05) is 19.8 Å². The topological polar surface area (TPSA) is 27.6 Å². The predicted octanol–water partition coefficient (Wildman–Crippen LogP) is 1.77. The van der Waals surface area contributed by atoms with Crippen molar-refractivity contribution in [2.45, 2.75) is 12.5 Å². The van der Waals surface area contributed by atoms with Gasteiger partial charge in [0.1, 0.15) is 0 Å². The highest BCUT2D eigenvalue weighted by Crippen LogP contribution is 2.19. The molecule has 1 aromatic rings. The van der Waals surface area contributed by atoms with Crippen molar-refractivity contribution in [1.82, 2.24) is 10.4 Å². The van der Waals surface area contributed by atoms with Gasteiger partial charge in [0.05, 0.1) is 6.04 Å². The maximum Gasteiger partial charge on any atom is 0.171 e. The number of nitrogens with one attached hydrogen (secondary N) is 1. The predicted molar refractivity (Wildman–Crippen MR) is 70.6 cm³/mol. The highest BCUT2D eigenvalue weighted by molar-refractivity contribution is 8.14. The van der Waals surface area contributed by atoms with E-state index in [4.69, 9.17) is 0 Å². The summed E-state index contributed by atoms with van der Waals surface area (Å²) >= 11 is 1.80. The molecule has 0 spiro atoms. The van der Waals surface area contributed by atoms with Crippen LogP contribution in [0.5, 0.6) is 0 Å². The number of nitrogens with zero attached hydrogens (tertiary/aromatic N) is 2. The lowest BCUT2D eigenvalue weighted by molar-refractivity contribution is 0.365. The number of hydrazine groups is 1. The van der Waals surface area contributed by atoms with Crippen LogP contribution in [0.3, 0.4) is 0 Å². The molecule has 1 unspecified atom stereocenters. The minimum atomic E-state index is 0.412. The first-order valence-electron chi connectivity index (χ1n) is 5.42. The monoisotopic (exact) mass is 235 g/mol. The second-order valence-corrected chi connectivity index (χ2v) is 5.10. The number of amidine groups is 1. The van der Waals surface area contributed by atoms with Gasteiger partial charge in [-0.15, -0.1) is 0 Å². The third-order valence-electron chi connectivity index (χ3n) is 2.35. The Kier molecular flexibility index (Phi) is 3.85. The number of hydrogen-bond acceptors (Lipinski definition) is 4. The summed E-state index contributed by atoms with van der Waals surface area (Å²) in [4.78, 5) is 4.65. The first-order valence-corrected chi connectivity index (χ1v) is 6.41. The van der Waals surface area contributed by atoms with Gasteiger partial charge in [-0.1, -0.05) is 42.1 Å².